The van der Waals surface area contributed by atoms with Gasteiger partial charge in [0.2, 0.25) is 5.88 Å². The first-order chi connectivity index (χ1) is 16.1. The van der Waals surface area contributed by atoms with Gasteiger partial charge in [-0.3, -0.25) is 4.79 Å². The minimum atomic E-state index is -3.90. The van der Waals surface area contributed by atoms with Crippen molar-refractivity contribution in [3.63, 3.8) is 0 Å². The zero-order valence-electron chi connectivity index (χ0n) is 18.9. The molecule has 0 spiro atoms. The maximum atomic E-state index is 13.6. The van der Waals surface area contributed by atoms with Crippen LogP contribution in [0.25, 0.3) is 0 Å². The average Bonchev–Trinajstić information content (AvgIpc) is 2.79. The SMILES string of the molecule is C[C@@H]1CCN(S(=O)(=O)N2C[C@H](CO)Oc3ncc(CC(=O)c4c(Cl)cccc4Cl)cc32)C[C@H]1C. The number of fused-ring (bicyclic) bond motifs is 1. The predicted octanol–water partition coefficient (Wildman–Crippen LogP) is 3.60. The number of benzene rings is 1. The van der Waals surface area contributed by atoms with Gasteiger partial charge in [-0.2, -0.15) is 12.7 Å². The second-order valence-corrected chi connectivity index (χ2v) is 11.6. The summed E-state index contributed by atoms with van der Waals surface area (Å²) in [6.45, 7) is 4.59. The molecule has 3 atom stereocenters. The molecular formula is C23H27Cl2N3O5S. The molecule has 1 aromatic carbocycles. The van der Waals surface area contributed by atoms with Crippen molar-refractivity contribution in [2.24, 2.45) is 11.8 Å². The number of aromatic nitrogens is 1. The van der Waals surface area contributed by atoms with E-state index in [-0.39, 0.29) is 58.4 Å². The number of rotatable bonds is 6. The van der Waals surface area contributed by atoms with Gasteiger partial charge in [0, 0.05) is 25.7 Å². The number of hydrogen-bond donors (Lipinski definition) is 1. The van der Waals surface area contributed by atoms with E-state index in [1.807, 2.05) is 6.92 Å². The Morgan fingerprint density at radius 2 is 1.91 bits per heavy atom. The van der Waals surface area contributed by atoms with E-state index in [2.05, 4.69) is 11.9 Å². The van der Waals surface area contributed by atoms with Gasteiger partial charge in [-0.1, -0.05) is 43.1 Å². The minimum absolute atomic E-state index is 0.0539. The van der Waals surface area contributed by atoms with E-state index in [1.54, 1.807) is 24.3 Å². The van der Waals surface area contributed by atoms with Gasteiger partial charge in [0.05, 0.1) is 28.8 Å². The molecule has 3 heterocycles. The van der Waals surface area contributed by atoms with E-state index in [9.17, 15) is 18.3 Å². The summed E-state index contributed by atoms with van der Waals surface area (Å²) in [5.74, 6) is 0.444. The van der Waals surface area contributed by atoms with Crippen LogP contribution in [0.1, 0.15) is 36.2 Å². The summed E-state index contributed by atoms with van der Waals surface area (Å²) in [5.41, 5.74) is 0.944. The van der Waals surface area contributed by atoms with Crippen molar-refractivity contribution in [2.45, 2.75) is 32.8 Å². The zero-order chi connectivity index (χ0) is 24.6. The number of aliphatic hydroxyl groups excluding tert-OH is 1. The van der Waals surface area contributed by atoms with Gasteiger partial charge in [-0.25, -0.2) is 9.29 Å². The predicted molar refractivity (Wildman–Crippen MR) is 131 cm³/mol. The number of aliphatic hydroxyl groups is 1. The standard InChI is InChI=1S/C23H27Cl2N3O5S/c1-14-6-7-27(11-15(14)2)34(31,32)28-12-17(13-29)33-23-20(28)8-16(10-26-23)9-21(30)22-18(24)4-3-5-19(22)25/h3-5,8,10,14-15,17,29H,6-7,9,11-13H2,1-2H3/t14-,15-,17-/m1/s1. The number of Topliss-reactive ketones (excluding diaryl/α,β-unsaturated/α-hetero) is 1. The van der Waals surface area contributed by atoms with E-state index in [0.29, 0.717) is 24.6 Å². The Kier molecular flexibility index (Phi) is 7.40. The lowest BCUT2D eigenvalue weighted by molar-refractivity contribution is 0.0992. The molecule has 1 fully saturated rings. The van der Waals surface area contributed by atoms with Crippen LogP contribution in [0.5, 0.6) is 5.88 Å². The minimum Gasteiger partial charge on any atom is -0.468 e. The van der Waals surface area contributed by atoms with Crippen molar-refractivity contribution in [2.75, 3.05) is 30.5 Å². The summed E-state index contributed by atoms with van der Waals surface area (Å²) in [4.78, 5) is 17.2. The van der Waals surface area contributed by atoms with Crippen LogP contribution < -0.4 is 9.04 Å². The molecule has 34 heavy (non-hydrogen) atoms. The summed E-state index contributed by atoms with van der Waals surface area (Å²) >= 11 is 12.3. The van der Waals surface area contributed by atoms with Crippen LogP contribution >= 0.6 is 23.2 Å². The first-order valence-corrected chi connectivity index (χ1v) is 13.3. The molecule has 0 aliphatic carbocycles. The maximum absolute atomic E-state index is 13.6. The first-order valence-electron chi connectivity index (χ1n) is 11.1. The van der Waals surface area contributed by atoms with E-state index in [1.165, 1.54) is 14.8 Å². The highest BCUT2D eigenvalue weighted by molar-refractivity contribution is 7.90. The molecule has 0 saturated carbocycles. The lowest BCUT2D eigenvalue weighted by Gasteiger charge is -2.40. The second kappa shape index (κ2) is 9.99. The van der Waals surface area contributed by atoms with Crippen molar-refractivity contribution in [3.05, 3.63) is 51.6 Å². The lowest BCUT2D eigenvalue weighted by atomic mass is 9.90. The number of carbonyl (C=O) groups is 1. The largest absolute Gasteiger partial charge is 0.468 e. The van der Waals surface area contributed by atoms with E-state index < -0.39 is 16.3 Å². The number of carbonyl (C=O) groups excluding carboxylic acids is 1. The topological polar surface area (TPSA) is 100 Å². The third kappa shape index (κ3) is 4.90. The quantitative estimate of drug-likeness (QED) is 0.576. The highest BCUT2D eigenvalue weighted by Crippen LogP contribution is 2.37. The van der Waals surface area contributed by atoms with Crippen molar-refractivity contribution < 1.29 is 23.1 Å². The molecule has 0 amide bonds. The second-order valence-electron chi connectivity index (χ2n) is 8.93. The normalized spacial score (nSPS) is 23.3. The highest BCUT2D eigenvalue weighted by atomic mass is 35.5. The Morgan fingerprint density at radius 3 is 2.56 bits per heavy atom. The van der Waals surface area contributed by atoms with Gasteiger partial charge in [-0.15, -0.1) is 0 Å². The molecule has 11 heteroatoms. The number of halogens is 2. The fourth-order valence-electron chi connectivity index (χ4n) is 4.25. The smallest absolute Gasteiger partial charge is 0.304 e. The van der Waals surface area contributed by atoms with Gasteiger partial charge < -0.3 is 9.84 Å². The van der Waals surface area contributed by atoms with Crippen LogP contribution in [-0.2, 0) is 16.6 Å². The molecule has 2 aliphatic heterocycles. The van der Waals surface area contributed by atoms with Gasteiger partial charge in [-0.05, 0) is 42.0 Å². The molecule has 8 nitrogen and oxygen atoms in total. The summed E-state index contributed by atoms with van der Waals surface area (Å²) < 4.78 is 35.7. The van der Waals surface area contributed by atoms with Crippen LogP contribution in [0.4, 0.5) is 5.69 Å². The van der Waals surface area contributed by atoms with E-state index in [4.69, 9.17) is 27.9 Å². The Balaban J connectivity index is 1.66. The number of anilines is 1. The first kappa shape index (κ1) is 25.2. The van der Waals surface area contributed by atoms with Gasteiger partial charge in [0.15, 0.2) is 5.78 Å². The fraction of sp³-hybridized carbons (Fsp3) is 0.478. The monoisotopic (exact) mass is 527 g/mol. The third-order valence-corrected chi connectivity index (χ3v) is 9.03. The highest BCUT2D eigenvalue weighted by Gasteiger charge is 2.40. The van der Waals surface area contributed by atoms with Crippen LogP contribution in [0.2, 0.25) is 10.0 Å². The molecule has 1 saturated heterocycles. The Hall–Kier alpha value is -1.91. The van der Waals surface area contributed by atoms with Crippen LogP contribution in [-0.4, -0.2) is 60.9 Å². The van der Waals surface area contributed by atoms with E-state index >= 15 is 0 Å². The molecule has 0 bridgehead atoms. The molecule has 0 radical (unpaired) electrons. The summed E-state index contributed by atoms with van der Waals surface area (Å²) in [6.07, 6.45) is 1.41. The van der Waals surface area contributed by atoms with Crippen LogP contribution in [0.3, 0.4) is 0 Å². The molecule has 2 aliphatic rings. The Bertz CT molecular complexity index is 1170. The van der Waals surface area contributed by atoms with Crippen molar-refractivity contribution in [1.82, 2.24) is 9.29 Å². The molecule has 0 unspecified atom stereocenters. The molecule has 2 aromatic rings. The lowest BCUT2D eigenvalue weighted by Crippen LogP contribution is -2.53. The zero-order valence-corrected chi connectivity index (χ0v) is 21.3. The average molecular weight is 528 g/mol. The van der Waals surface area contributed by atoms with Crippen molar-refractivity contribution in [1.29, 1.82) is 0 Å². The van der Waals surface area contributed by atoms with Gasteiger partial charge >= 0.3 is 10.2 Å². The fourth-order valence-corrected chi connectivity index (χ4v) is 6.63. The van der Waals surface area contributed by atoms with Crippen LogP contribution in [0, 0.1) is 11.8 Å². The number of hydrogen-bond acceptors (Lipinski definition) is 6. The number of pyridine rings is 1. The number of ketones is 1. The summed E-state index contributed by atoms with van der Waals surface area (Å²) in [6, 6.07) is 6.42. The Labute approximate surface area is 209 Å². The molecule has 1 aromatic heterocycles. The number of nitrogens with zero attached hydrogens (tertiary/aromatic N) is 3. The number of piperidine rings is 1. The molecule has 184 valence electrons. The number of ether oxygens (including phenoxy) is 1. The van der Waals surface area contributed by atoms with Gasteiger partial charge in [0.1, 0.15) is 11.8 Å². The summed E-state index contributed by atoms with van der Waals surface area (Å²) in [7, 11) is -3.90. The molecular weight excluding hydrogens is 501 g/mol. The molecule has 4 rings (SSSR count). The Morgan fingerprint density at radius 1 is 1.21 bits per heavy atom. The van der Waals surface area contributed by atoms with Crippen molar-refractivity contribution >= 4 is 44.9 Å². The van der Waals surface area contributed by atoms with E-state index in [0.717, 1.165) is 6.42 Å². The summed E-state index contributed by atoms with van der Waals surface area (Å²) in [5, 5.41) is 10.2. The van der Waals surface area contributed by atoms with Crippen molar-refractivity contribution in [3.8, 4) is 5.88 Å². The molecule has 1 N–H and O–H groups in total. The van der Waals surface area contributed by atoms with Crippen LogP contribution in [0.15, 0.2) is 30.5 Å². The third-order valence-electron chi connectivity index (χ3n) is 6.52. The maximum Gasteiger partial charge on any atom is 0.304 e. The van der Waals surface area contributed by atoms with Gasteiger partial charge in [0.25, 0.3) is 0 Å².